The number of halogens is 1. The van der Waals surface area contributed by atoms with Crippen LogP contribution in [0.3, 0.4) is 0 Å². The Morgan fingerprint density at radius 1 is 0.781 bits per heavy atom. The molecule has 4 aromatic rings. The summed E-state index contributed by atoms with van der Waals surface area (Å²) in [4.78, 5) is 97.4. The predicted octanol–water partition coefficient (Wildman–Crippen LogP) is 8.23. The number of fused-ring (bicyclic) bond motifs is 2. The van der Waals surface area contributed by atoms with Gasteiger partial charge in [0.1, 0.15) is 70.0 Å². The summed E-state index contributed by atoms with van der Waals surface area (Å²) in [5.41, 5.74) is -4.79. The van der Waals surface area contributed by atoms with E-state index in [0.717, 1.165) is 32.5 Å². The number of ether oxygens (including phenoxy) is 10. The van der Waals surface area contributed by atoms with Crippen molar-refractivity contribution in [1.29, 1.82) is 0 Å². The third kappa shape index (κ3) is 23.4. The zero-order chi connectivity index (χ0) is 101. The monoisotopic (exact) mass is 1930 g/mol. The van der Waals surface area contributed by atoms with Gasteiger partial charge in [-0.05, 0) is 146 Å². The summed E-state index contributed by atoms with van der Waals surface area (Å²) in [6.07, 6.45) is 0.136. The highest BCUT2D eigenvalue weighted by Gasteiger charge is 2.56. The number of benzene rings is 3. The lowest BCUT2D eigenvalue weighted by Gasteiger charge is -2.48. The summed E-state index contributed by atoms with van der Waals surface area (Å²) in [7, 11) is 8.59. The van der Waals surface area contributed by atoms with E-state index in [4.69, 9.17) is 57.4 Å². The molecule has 9 aliphatic rings. The molecule has 3 aromatic carbocycles. The Labute approximate surface area is 802 Å². The topological polar surface area (TPSA) is 464 Å². The number of amides is 1. The van der Waals surface area contributed by atoms with Crippen molar-refractivity contribution in [3.63, 3.8) is 0 Å². The number of Topliss-reactive ketones (excluding diaryl/α,β-unsaturated/α-hetero) is 1. The van der Waals surface area contributed by atoms with Crippen molar-refractivity contribution < 1.29 is 127 Å². The quantitative estimate of drug-likeness (QED) is 0.0417. The molecule has 1 aliphatic carbocycles. The van der Waals surface area contributed by atoms with E-state index in [1.165, 1.54) is 53.5 Å². The molecule has 9 heterocycles. The molecule has 137 heavy (non-hydrogen) atoms. The zero-order valence-corrected chi connectivity index (χ0v) is 84.4. The highest BCUT2D eigenvalue weighted by atomic mass is 19.1. The SMILES string of the molecule is CC[C@H]1OC(=O)[C@H](C)[C@@H](O[C@H]2C[C@@](C)(OC)[C@@H](O)[C@H](C)O2)[C@H](C)[C@@H](O[C@@H]2O[C@H](C)C[C@H](N(C)C)[C@H]2O)[C@](C)(O)C[C@@H](C)CN(C)[C@H](C)[C@@H](O)[C@]1(C)O.CO[C@H]1/C=C\O[C@@]2(C)Oc3c(C)c(O)c4c(O)c(c5c(c4c3C2=O)=NC2(CCN(CC(C)C)CC2)N=5)NC(=O)/C(C)=C/C=C\[C@H](C)[C@H](O)[C@@H](C)[C@@H](O)[C@@H](C)[C@@H](OC(C)=O)[C@H]1C.O=C(O)c1cn(C2CC2)c2cc(N3CCNCC3)c(F)cc2c1=O. The molecule has 1 amide bonds. The lowest BCUT2D eigenvalue weighted by molar-refractivity contribution is -0.318. The second-order valence-electron chi connectivity index (χ2n) is 41.5. The molecule has 1 spiro atoms. The van der Waals surface area contributed by atoms with Gasteiger partial charge in [-0.1, -0.05) is 80.5 Å². The fourth-order valence-electron chi connectivity index (χ4n) is 21.3. The molecule has 27 atom stereocenters. The number of anilines is 2. The maximum absolute atomic E-state index is 14.7. The first-order chi connectivity index (χ1) is 64.1. The van der Waals surface area contributed by atoms with Gasteiger partial charge in [-0.2, -0.15) is 0 Å². The van der Waals surface area contributed by atoms with Crippen molar-refractivity contribution in [3.05, 3.63) is 97.9 Å². The number of aliphatic hydroxyl groups excluding tert-OH is 5. The summed E-state index contributed by atoms with van der Waals surface area (Å²) < 4.78 is 77.9. The number of allylic oxidation sites excluding steroid dienone is 2. The Hall–Kier alpha value is -8.25. The number of nitrogens with zero attached hydrogens (tertiary/aromatic N) is 7. The van der Waals surface area contributed by atoms with E-state index in [2.05, 4.69) is 29.4 Å². The van der Waals surface area contributed by atoms with Gasteiger partial charge in [-0.15, -0.1) is 0 Å². The minimum atomic E-state index is -1.96. The molecule has 0 radical (unpaired) electrons. The number of piperazine rings is 1. The fourth-order valence-corrected chi connectivity index (χ4v) is 21.3. The van der Waals surface area contributed by atoms with Crippen LogP contribution in [0, 0.1) is 60.1 Å². The highest BCUT2D eigenvalue weighted by molar-refractivity contribution is 6.19. The van der Waals surface area contributed by atoms with E-state index in [1.54, 1.807) is 113 Å². The number of likely N-dealkylation sites (tertiary alicyclic amines) is 1. The molecule has 12 N–H and O–H groups in total. The molecular formula is C101H152FN9O26. The van der Waals surface area contributed by atoms with Crippen LogP contribution in [0.25, 0.3) is 21.7 Å². The average Bonchev–Trinajstić information content (AvgIpc) is 1.54. The van der Waals surface area contributed by atoms with Crippen molar-refractivity contribution in [3.8, 4) is 17.2 Å². The van der Waals surface area contributed by atoms with E-state index in [0.29, 0.717) is 69.1 Å². The number of hydrogen-bond acceptors (Lipinski definition) is 32. The smallest absolute Gasteiger partial charge is 0.341 e. The van der Waals surface area contributed by atoms with Gasteiger partial charge in [0.25, 0.3) is 11.7 Å². The van der Waals surface area contributed by atoms with Gasteiger partial charge >= 0.3 is 23.7 Å². The van der Waals surface area contributed by atoms with Crippen LogP contribution in [0.4, 0.5) is 15.8 Å². The number of likely N-dealkylation sites (N-methyl/N-ethyl adjacent to an activating group) is 2. The van der Waals surface area contributed by atoms with Gasteiger partial charge in [-0.25, -0.2) is 9.18 Å². The van der Waals surface area contributed by atoms with Crippen molar-refractivity contribution in [2.24, 2.45) is 57.3 Å². The van der Waals surface area contributed by atoms with E-state index in [1.807, 2.05) is 61.2 Å². The Morgan fingerprint density at radius 3 is 2.03 bits per heavy atom. The Kier molecular flexibility index (Phi) is 35.1. The number of aliphatic hydroxyl groups is 7. The molecule has 1 saturated carbocycles. The van der Waals surface area contributed by atoms with Crippen LogP contribution in [0.1, 0.15) is 215 Å². The predicted molar refractivity (Wildman–Crippen MR) is 510 cm³/mol. The number of aromatic nitrogens is 1. The molecule has 764 valence electrons. The van der Waals surface area contributed by atoms with Crippen LogP contribution in [0.5, 0.6) is 17.2 Å². The number of nitrogens with one attached hydrogen (secondary N) is 2. The standard InChI is InChI=1S/C46H62N4O11.C38H72N2O12.C17H18FN3O3/c1-22(2)21-50-18-16-46(17-19-50)48-34-31-32-39(54)28(8)42-33(31)43(56)45(10,61-42)59-20-15-30(58-11)25(5)41(60-29(9)51)27(7)38(53)26(6)37(52)23(3)13-12-14-24(4)44(57)47-36(40(32)55)35(34)49-46;1-15-27-38(10,46)31(42)24(6)40(13)19-20(2)17-36(8,45)33(52-35-29(41)26(39(11)12)16-21(3)48-35)22(4)30(23(5)34(44)50-27)51-28-18-37(9,47-14)32(43)25(7)49-28;18-13-7-11-14(8-15(13)20-5-3-19-4-6-20)21(10-1-2-10)9-12(16(11)22)17(23)24/h12-15,20,22-23,25-27,30,37-38,41,52-55H,16-19,21H2,1-11H3,(H,47,57);20-33,35,41-43,45-46H,15-19H2,1-14H3;7-10,19H,1-6H2,(H,23,24)/b13-12-,20-15-,24-14+;;/t23-,25-,26+,27+,30-,37-,38+,41-,45-;20-,21-,22+,23-,24-,25+,26+,27-,28+,29-,30+,31-,32+,33-,35+,36-,37-,38-;/m01./s1. The Balaban J connectivity index is 0.000000213. The minimum Gasteiger partial charge on any atom is -0.507 e. The number of hydrogen-bond donors (Lipinski definition) is 12. The molecule has 5 saturated heterocycles. The van der Waals surface area contributed by atoms with E-state index in [9.17, 15) is 84.2 Å². The number of carbonyl (C=O) groups excluding carboxylic acids is 4. The lowest BCUT2D eigenvalue weighted by atomic mass is 9.77. The number of carbonyl (C=O) groups is 5. The van der Waals surface area contributed by atoms with Gasteiger partial charge < -0.3 is 133 Å². The Morgan fingerprint density at radius 2 is 1.43 bits per heavy atom. The van der Waals surface area contributed by atoms with Crippen molar-refractivity contribution in [2.75, 3.05) is 97.9 Å². The molecule has 4 bridgehead atoms. The van der Waals surface area contributed by atoms with Crippen LogP contribution in [-0.2, 0) is 57.0 Å². The number of aromatic hydroxyl groups is 2. The number of rotatable bonds is 14. The number of aromatic carboxylic acids is 1. The summed E-state index contributed by atoms with van der Waals surface area (Å²) in [6.45, 7) is 40.5. The number of ketones is 1. The van der Waals surface area contributed by atoms with Crippen LogP contribution in [0.2, 0.25) is 0 Å². The van der Waals surface area contributed by atoms with Gasteiger partial charge in [-0.3, -0.25) is 34.0 Å². The van der Waals surface area contributed by atoms with E-state index in [-0.39, 0.29) is 110 Å². The summed E-state index contributed by atoms with van der Waals surface area (Å²) >= 11 is 0. The number of phenols is 2. The molecule has 1 aromatic heterocycles. The minimum absolute atomic E-state index is 0.0364. The molecule has 35 nitrogen and oxygen atoms in total. The van der Waals surface area contributed by atoms with Gasteiger partial charge in [0, 0.05) is 176 Å². The molecular weight excluding hydrogens is 1770 g/mol. The van der Waals surface area contributed by atoms with Crippen LogP contribution >= 0.6 is 0 Å². The average molecular weight is 1930 g/mol. The third-order valence-corrected chi connectivity index (χ3v) is 29.8. The number of pyridine rings is 1. The number of methoxy groups -OCH3 is 2. The van der Waals surface area contributed by atoms with Crippen molar-refractivity contribution in [1.82, 2.24) is 24.6 Å². The molecule has 8 aliphatic heterocycles. The van der Waals surface area contributed by atoms with Gasteiger partial charge in [0.15, 0.2) is 24.0 Å². The van der Waals surface area contributed by atoms with Crippen molar-refractivity contribution in [2.45, 2.75) is 322 Å². The van der Waals surface area contributed by atoms with Crippen molar-refractivity contribution >= 4 is 62.6 Å². The van der Waals surface area contributed by atoms with Crippen LogP contribution < -0.4 is 36.4 Å². The number of esters is 2. The fraction of sp³-hybridized carbons (Fsp3) is 0.703. The number of phenolic OH excluding ortho intramolecular Hbond substituents is 2. The van der Waals surface area contributed by atoms with Gasteiger partial charge in [0.2, 0.25) is 5.43 Å². The second-order valence-corrected chi connectivity index (χ2v) is 41.5. The largest absolute Gasteiger partial charge is 0.507 e. The van der Waals surface area contributed by atoms with Crippen LogP contribution in [0.15, 0.2) is 69.2 Å². The maximum Gasteiger partial charge on any atom is 0.341 e. The van der Waals surface area contributed by atoms with Gasteiger partial charge in [0.05, 0.1) is 93.6 Å². The summed E-state index contributed by atoms with van der Waals surface area (Å²) in [5, 5.41) is 121. The van der Waals surface area contributed by atoms with E-state index >= 15 is 0 Å². The molecule has 36 heteroatoms. The zero-order valence-electron chi connectivity index (χ0n) is 84.4. The Bertz CT molecular complexity index is 5280. The summed E-state index contributed by atoms with van der Waals surface area (Å²) in [5.74, 6) is -10.8. The number of piperidine rings is 1. The highest BCUT2D eigenvalue weighted by Crippen LogP contribution is 2.51. The number of carboxylic acids is 1. The third-order valence-electron chi connectivity index (χ3n) is 29.8. The first-order valence-electron chi connectivity index (χ1n) is 48.5. The lowest BCUT2D eigenvalue weighted by Crippen LogP contribution is -2.60. The second kappa shape index (κ2) is 44.1. The summed E-state index contributed by atoms with van der Waals surface area (Å²) in [6, 6.07) is 2.27. The van der Waals surface area contributed by atoms with Crippen LogP contribution in [-0.4, -0.2) is 314 Å². The maximum atomic E-state index is 14.7. The first kappa shape index (κ1) is 109. The first-order valence-corrected chi connectivity index (χ1v) is 48.5. The molecule has 0 unspecified atom stereocenters. The molecule has 6 fully saturated rings. The normalized spacial score (nSPS) is 36.5. The number of cyclic esters (lactones) is 1. The van der Waals surface area contributed by atoms with E-state index < -0.39 is 196 Å². The number of carboxylic acid groups (broad SMARTS) is 1. The molecule has 13 rings (SSSR count).